The van der Waals surface area contributed by atoms with Gasteiger partial charge in [0.15, 0.2) is 23.4 Å². The number of furan rings is 1. The Kier molecular flexibility index (Phi) is 5.62. The number of fused-ring (bicyclic) bond motifs is 1. The van der Waals surface area contributed by atoms with E-state index in [1.807, 2.05) is 0 Å². The van der Waals surface area contributed by atoms with Gasteiger partial charge in [0.25, 0.3) is 11.8 Å². The molecular formula is C23H21FN2O5. The average Bonchev–Trinajstić information content (AvgIpc) is 3.25. The predicted octanol–water partition coefficient (Wildman–Crippen LogP) is 3.49. The van der Waals surface area contributed by atoms with Crippen molar-refractivity contribution in [2.24, 2.45) is 0 Å². The number of anilines is 1. The van der Waals surface area contributed by atoms with Crippen molar-refractivity contribution in [1.82, 2.24) is 4.90 Å². The van der Waals surface area contributed by atoms with E-state index in [-0.39, 0.29) is 30.6 Å². The van der Waals surface area contributed by atoms with Gasteiger partial charge in [0.05, 0.1) is 12.2 Å². The number of carbonyl (C=O) groups excluding carboxylic acids is 2. The number of likely N-dealkylation sites (N-methyl/N-ethyl adjacent to an activating group) is 1. The molecule has 7 nitrogen and oxygen atoms in total. The van der Waals surface area contributed by atoms with Crippen LogP contribution in [0.25, 0.3) is 0 Å². The van der Waals surface area contributed by atoms with Crippen LogP contribution in [-0.2, 0) is 11.4 Å². The molecule has 0 aliphatic carbocycles. The van der Waals surface area contributed by atoms with E-state index in [4.69, 9.17) is 13.9 Å². The molecule has 0 radical (unpaired) electrons. The Morgan fingerprint density at radius 1 is 1.10 bits per heavy atom. The Balaban J connectivity index is 1.53. The molecule has 3 aromatic rings. The zero-order valence-electron chi connectivity index (χ0n) is 17.1. The SMILES string of the molecule is CN(C)C(=O)C1CN(C(=O)c2ccc(COc3ccccc3F)o2)c2ccccc2O1. The number of ether oxygens (including phenoxy) is 2. The zero-order valence-corrected chi connectivity index (χ0v) is 17.1. The molecule has 2 heterocycles. The summed E-state index contributed by atoms with van der Waals surface area (Å²) in [4.78, 5) is 28.5. The first-order chi connectivity index (χ1) is 14.9. The van der Waals surface area contributed by atoms with Crippen molar-refractivity contribution >= 4 is 17.5 Å². The number of halogens is 1. The molecule has 4 rings (SSSR count). The van der Waals surface area contributed by atoms with Gasteiger partial charge in [0.1, 0.15) is 18.1 Å². The molecule has 1 unspecified atom stereocenters. The van der Waals surface area contributed by atoms with E-state index in [9.17, 15) is 14.0 Å². The third-order valence-corrected chi connectivity index (χ3v) is 4.81. The predicted molar refractivity (Wildman–Crippen MR) is 111 cm³/mol. The number of benzene rings is 2. The Labute approximate surface area is 178 Å². The van der Waals surface area contributed by atoms with E-state index < -0.39 is 17.8 Å². The minimum atomic E-state index is -0.826. The fourth-order valence-electron chi connectivity index (χ4n) is 3.26. The minimum Gasteiger partial charge on any atom is -0.483 e. The Morgan fingerprint density at radius 3 is 2.61 bits per heavy atom. The highest BCUT2D eigenvalue weighted by atomic mass is 19.1. The summed E-state index contributed by atoms with van der Waals surface area (Å²) in [5.74, 6) is -0.146. The van der Waals surface area contributed by atoms with Gasteiger partial charge >= 0.3 is 0 Å². The van der Waals surface area contributed by atoms with Crippen LogP contribution in [0, 0.1) is 5.82 Å². The Bertz CT molecular complexity index is 1110. The van der Waals surface area contributed by atoms with Crippen molar-refractivity contribution in [3.05, 3.63) is 78.0 Å². The first kappa shape index (κ1) is 20.5. The highest BCUT2D eigenvalue weighted by Crippen LogP contribution is 2.34. The fourth-order valence-corrected chi connectivity index (χ4v) is 3.26. The van der Waals surface area contributed by atoms with Crippen LogP contribution in [0.3, 0.4) is 0 Å². The second-order valence-corrected chi connectivity index (χ2v) is 7.21. The third kappa shape index (κ3) is 4.23. The molecule has 2 aromatic carbocycles. The lowest BCUT2D eigenvalue weighted by atomic mass is 10.1. The van der Waals surface area contributed by atoms with Gasteiger partial charge < -0.3 is 18.8 Å². The van der Waals surface area contributed by atoms with Crippen molar-refractivity contribution < 1.29 is 27.9 Å². The highest BCUT2D eigenvalue weighted by molar-refractivity contribution is 6.06. The molecule has 0 saturated heterocycles. The van der Waals surface area contributed by atoms with Gasteiger partial charge in [-0.1, -0.05) is 24.3 Å². The van der Waals surface area contributed by atoms with Crippen molar-refractivity contribution in [3.8, 4) is 11.5 Å². The van der Waals surface area contributed by atoms with Crippen molar-refractivity contribution in [2.45, 2.75) is 12.7 Å². The fraction of sp³-hybridized carbons (Fsp3) is 0.217. The summed E-state index contributed by atoms with van der Waals surface area (Å²) in [6, 6.07) is 16.2. The lowest BCUT2D eigenvalue weighted by Gasteiger charge is -2.34. The number of nitrogens with zero attached hydrogens (tertiary/aromatic N) is 2. The van der Waals surface area contributed by atoms with Crippen LogP contribution in [0.5, 0.6) is 11.5 Å². The highest BCUT2D eigenvalue weighted by Gasteiger charge is 2.35. The van der Waals surface area contributed by atoms with Gasteiger partial charge in [0, 0.05) is 14.1 Å². The molecule has 2 amide bonds. The van der Waals surface area contributed by atoms with Gasteiger partial charge in [-0.2, -0.15) is 0 Å². The Hall–Kier alpha value is -3.81. The normalized spacial score (nSPS) is 15.1. The second kappa shape index (κ2) is 8.51. The summed E-state index contributed by atoms with van der Waals surface area (Å²) in [6.07, 6.45) is -0.826. The molecule has 1 aliphatic heterocycles. The van der Waals surface area contributed by atoms with Crippen LogP contribution in [0.1, 0.15) is 16.3 Å². The molecular weight excluding hydrogens is 403 g/mol. The third-order valence-electron chi connectivity index (χ3n) is 4.81. The van der Waals surface area contributed by atoms with E-state index in [2.05, 4.69) is 0 Å². The Morgan fingerprint density at radius 2 is 1.84 bits per heavy atom. The molecule has 31 heavy (non-hydrogen) atoms. The molecule has 1 aliphatic rings. The zero-order chi connectivity index (χ0) is 22.0. The maximum absolute atomic E-state index is 13.7. The number of rotatable bonds is 5. The smallest absolute Gasteiger partial charge is 0.294 e. The van der Waals surface area contributed by atoms with Crippen LogP contribution in [0.15, 0.2) is 65.1 Å². The summed E-state index contributed by atoms with van der Waals surface area (Å²) in [6.45, 7) is 0.0181. The number of carbonyl (C=O) groups is 2. The summed E-state index contributed by atoms with van der Waals surface area (Å²) < 4.78 is 30.6. The van der Waals surface area contributed by atoms with Crippen LogP contribution in [0.4, 0.5) is 10.1 Å². The standard InChI is InChI=1S/C23H21FN2O5/c1-25(2)22(27)21-13-26(17-8-4-6-10-19(17)31-21)23(28)20-12-11-15(30-20)14-29-18-9-5-3-7-16(18)24/h3-12,21H,13-14H2,1-2H3. The number of para-hydroxylation sites is 3. The van der Waals surface area contributed by atoms with E-state index in [0.717, 1.165) is 0 Å². The van der Waals surface area contributed by atoms with E-state index in [0.29, 0.717) is 17.2 Å². The monoisotopic (exact) mass is 424 g/mol. The molecule has 160 valence electrons. The number of amides is 2. The molecule has 0 spiro atoms. The van der Waals surface area contributed by atoms with Crippen LogP contribution in [-0.4, -0.2) is 43.5 Å². The van der Waals surface area contributed by atoms with Crippen LogP contribution < -0.4 is 14.4 Å². The first-order valence-corrected chi connectivity index (χ1v) is 9.69. The average molecular weight is 424 g/mol. The van der Waals surface area contributed by atoms with Gasteiger partial charge in [0.2, 0.25) is 0 Å². The van der Waals surface area contributed by atoms with E-state index >= 15 is 0 Å². The molecule has 0 bridgehead atoms. The first-order valence-electron chi connectivity index (χ1n) is 9.69. The van der Waals surface area contributed by atoms with Gasteiger partial charge in [-0.3, -0.25) is 14.5 Å². The molecule has 8 heteroatoms. The van der Waals surface area contributed by atoms with Crippen LogP contribution >= 0.6 is 0 Å². The largest absolute Gasteiger partial charge is 0.483 e. The molecule has 1 aromatic heterocycles. The maximum Gasteiger partial charge on any atom is 0.294 e. The number of hydrogen-bond donors (Lipinski definition) is 0. The molecule has 0 N–H and O–H groups in total. The van der Waals surface area contributed by atoms with E-state index in [1.54, 1.807) is 56.6 Å². The maximum atomic E-state index is 13.7. The molecule has 0 fully saturated rings. The van der Waals surface area contributed by atoms with Crippen molar-refractivity contribution in [1.29, 1.82) is 0 Å². The summed E-state index contributed by atoms with van der Waals surface area (Å²) in [7, 11) is 3.26. The summed E-state index contributed by atoms with van der Waals surface area (Å²) in [5.41, 5.74) is 0.552. The van der Waals surface area contributed by atoms with E-state index in [1.165, 1.54) is 28.0 Å². The lowest BCUT2D eigenvalue weighted by molar-refractivity contribution is -0.135. The summed E-state index contributed by atoms with van der Waals surface area (Å²) >= 11 is 0. The molecule has 0 saturated carbocycles. The molecule has 1 atom stereocenters. The second-order valence-electron chi connectivity index (χ2n) is 7.21. The van der Waals surface area contributed by atoms with Gasteiger partial charge in [-0.05, 0) is 36.4 Å². The van der Waals surface area contributed by atoms with Crippen LogP contribution in [0.2, 0.25) is 0 Å². The number of hydrogen-bond acceptors (Lipinski definition) is 5. The van der Waals surface area contributed by atoms with Crippen molar-refractivity contribution in [3.63, 3.8) is 0 Å². The minimum absolute atomic E-state index is 0.0321. The van der Waals surface area contributed by atoms with Gasteiger partial charge in [-0.25, -0.2) is 4.39 Å². The van der Waals surface area contributed by atoms with Crippen molar-refractivity contribution in [2.75, 3.05) is 25.5 Å². The topological polar surface area (TPSA) is 72.2 Å². The quantitative estimate of drug-likeness (QED) is 0.627. The summed E-state index contributed by atoms with van der Waals surface area (Å²) in [5, 5.41) is 0. The lowest BCUT2D eigenvalue weighted by Crippen LogP contribution is -2.50. The van der Waals surface area contributed by atoms with Gasteiger partial charge in [-0.15, -0.1) is 0 Å².